The number of halogens is 4. The van der Waals surface area contributed by atoms with Gasteiger partial charge >= 0.3 is 0 Å². The molecule has 0 saturated heterocycles. The third-order valence-electron chi connectivity index (χ3n) is 4.57. The molecule has 0 aliphatic heterocycles. The summed E-state index contributed by atoms with van der Waals surface area (Å²) in [7, 11) is 0. The van der Waals surface area contributed by atoms with Crippen molar-refractivity contribution in [2.45, 2.75) is 0 Å². The van der Waals surface area contributed by atoms with Gasteiger partial charge in [0.25, 0.3) is 17.4 Å². The van der Waals surface area contributed by atoms with Gasteiger partial charge in [-0.25, -0.2) is 4.98 Å². The van der Waals surface area contributed by atoms with Crippen molar-refractivity contribution >= 4 is 69.3 Å². The lowest BCUT2D eigenvalue weighted by Gasteiger charge is -2.25. The van der Waals surface area contributed by atoms with Crippen LogP contribution in [0.2, 0.25) is 20.1 Å². The van der Waals surface area contributed by atoms with Crippen LogP contribution in [0.4, 0.5) is 0 Å². The summed E-state index contributed by atoms with van der Waals surface area (Å²) in [6.45, 7) is 0. The van der Waals surface area contributed by atoms with E-state index in [1.165, 1.54) is 42.6 Å². The topological polar surface area (TPSA) is 72.3 Å². The molecule has 0 aliphatic carbocycles. The second-order valence-electron chi connectivity index (χ2n) is 6.52. The molecule has 10 heteroatoms. The van der Waals surface area contributed by atoms with E-state index in [1.54, 1.807) is 24.3 Å². The van der Waals surface area contributed by atoms with Gasteiger partial charge in [0.1, 0.15) is 0 Å². The van der Waals surface area contributed by atoms with E-state index in [2.05, 4.69) is 4.98 Å². The van der Waals surface area contributed by atoms with Gasteiger partial charge in [-0.1, -0.05) is 58.5 Å². The third kappa shape index (κ3) is 3.87. The number of rotatable bonds is 3. The van der Waals surface area contributed by atoms with Gasteiger partial charge in [0, 0.05) is 17.6 Å². The molecule has 0 unspecified atom stereocenters. The SMILES string of the molecule is O=C(c1c(Cl)cccc1Cl)N(C(=O)c1c(Cl)cccc1Cl)n1c(=O)ccc2cccnc21. The molecule has 2 heterocycles. The number of amides is 2. The number of fused-ring (bicyclic) bond motifs is 1. The van der Waals surface area contributed by atoms with Gasteiger partial charge in [0.2, 0.25) is 0 Å². The molecule has 6 nitrogen and oxygen atoms in total. The van der Waals surface area contributed by atoms with Gasteiger partial charge in [0.05, 0.1) is 31.2 Å². The zero-order valence-electron chi connectivity index (χ0n) is 15.9. The molecule has 32 heavy (non-hydrogen) atoms. The number of carbonyl (C=O) groups excluding carboxylic acids is 2. The Morgan fingerprint density at radius 1 is 0.719 bits per heavy atom. The lowest BCUT2D eigenvalue weighted by Crippen LogP contribution is -2.51. The first-order valence-electron chi connectivity index (χ1n) is 9.05. The molecule has 0 bridgehead atoms. The second-order valence-corrected chi connectivity index (χ2v) is 8.14. The zero-order chi connectivity index (χ0) is 23.0. The summed E-state index contributed by atoms with van der Waals surface area (Å²) in [4.78, 5) is 44.5. The molecule has 4 aromatic rings. The third-order valence-corrected chi connectivity index (χ3v) is 5.83. The molecular weight excluding hydrogens is 496 g/mol. The highest BCUT2D eigenvalue weighted by Gasteiger charge is 2.33. The summed E-state index contributed by atoms with van der Waals surface area (Å²) >= 11 is 24.9. The number of carbonyl (C=O) groups is 2. The molecule has 0 radical (unpaired) electrons. The van der Waals surface area contributed by atoms with E-state index < -0.39 is 17.4 Å². The van der Waals surface area contributed by atoms with Crippen LogP contribution >= 0.6 is 46.4 Å². The minimum Gasteiger partial charge on any atom is -0.267 e. The van der Waals surface area contributed by atoms with Crippen LogP contribution in [0, 0.1) is 0 Å². The maximum Gasteiger partial charge on any atom is 0.283 e. The standard InChI is InChI=1S/C22H11Cl4N3O3/c23-13-5-1-6-14(24)18(13)21(31)29(22(32)19-15(25)7-2-8-16(19)26)28-17(30)10-9-12-4-3-11-27-20(12)28/h1-11H. The fourth-order valence-electron chi connectivity index (χ4n) is 3.14. The molecule has 0 saturated carbocycles. The molecule has 0 spiro atoms. The van der Waals surface area contributed by atoms with E-state index in [4.69, 9.17) is 46.4 Å². The minimum atomic E-state index is -0.957. The number of aromatic nitrogens is 2. The van der Waals surface area contributed by atoms with E-state index in [1.807, 2.05) is 0 Å². The van der Waals surface area contributed by atoms with Gasteiger partial charge in [-0.2, -0.15) is 9.69 Å². The van der Waals surface area contributed by atoms with Crippen molar-refractivity contribution in [3.8, 4) is 0 Å². The maximum absolute atomic E-state index is 13.7. The first-order chi connectivity index (χ1) is 15.3. The van der Waals surface area contributed by atoms with Crippen LogP contribution in [0.5, 0.6) is 0 Å². The maximum atomic E-state index is 13.7. The predicted octanol–water partition coefficient (Wildman–Crippen LogP) is 5.63. The van der Waals surface area contributed by atoms with Crippen molar-refractivity contribution in [3.05, 3.63) is 108 Å². The van der Waals surface area contributed by atoms with Gasteiger partial charge in [-0.05, 0) is 42.5 Å². The lowest BCUT2D eigenvalue weighted by molar-refractivity contribution is 0.0857. The van der Waals surface area contributed by atoms with Crippen LogP contribution in [0.3, 0.4) is 0 Å². The number of pyridine rings is 2. The molecule has 160 valence electrons. The van der Waals surface area contributed by atoms with Crippen molar-refractivity contribution in [2.24, 2.45) is 0 Å². The summed E-state index contributed by atoms with van der Waals surface area (Å²) in [5.41, 5.74) is -0.975. The highest BCUT2D eigenvalue weighted by Crippen LogP contribution is 2.29. The average molecular weight is 507 g/mol. The van der Waals surface area contributed by atoms with Crippen LogP contribution in [0.25, 0.3) is 11.0 Å². The minimum absolute atomic E-state index is 0.00759. The van der Waals surface area contributed by atoms with Crippen molar-refractivity contribution in [1.82, 2.24) is 9.66 Å². The van der Waals surface area contributed by atoms with Crippen molar-refractivity contribution in [1.29, 1.82) is 0 Å². The van der Waals surface area contributed by atoms with E-state index in [-0.39, 0.29) is 36.9 Å². The van der Waals surface area contributed by atoms with E-state index in [9.17, 15) is 14.4 Å². The van der Waals surface area contributed by atoms with Crippen molar-refractivity contribution < 1.29 is 9.59 Å². The van der Waals surface area contributed by atoms with Crippen LogP contribution in [0.1, 0.15) is 20.7 Å². The lowest BCUT2D eigenvalue weighted by atomic mass is 10.1. The van der Waals surface area contributed by atoms with Crippen LogP contribution in [-0.4, -0.2) is 21.5 Å². The largest absolute Gasteiger partial charge is 0.283 e. The fourth-order valence-corrected chi connectivity index (χ4v) is 4.25. The Balaban J connectivity index is 2.05. The Morgan fingerprint density at radius 3 is 1.72 bits per heavy atom. The summed E-state index contributed by atoms with van der Waals surface area (Å²) in [5.74, 6) is -1.91. The van der Waals surface area contributed by atoms with Crippen LogP contribution in [0.15, 0.2) is 71.7 Å². The molecule has 2 amide bonds. The molecule has 0 fully saturated rings. The van der Waals surface area contributed by atoms with E-state index in [0.29, 0.717) is 10.4 Å². The molecule has 2 aromatic heterocycles. The summed E-state index contributed by atoms with van der Waals surface area (Å²) in [5, 5.41) is 1.07. The van der Waals surface area contributed by atoms with Crippen LogP contribution < -0.4 is 10.6 Å². The Bertz CT molecular complexity index is 1350. The van der Waals surface area contributed by atoms with Crippen molar-refractivity contribution in [2.75, 3.05) is 5.01 Å². The Morgan fingerprint density at radius 2 is 1.22 bits per heavy atom. The molecule has 0 aliphatic rings. The number of imide groups is 1. The number of nitrogens with zero attached hydrogens (tertiary/aromatic N) is 3. The predicted molar refractivity (Wildman–Crippen MR) is 126 cm³/mol. The number of hydrogen-bond donors (Lipinski definition) is 0. The molecular formula is C22H11Cl4N3O3. The quantitative estimate of drug-likeness (QED) is 0.337. The summed E-state index contributed by atoms with van der Waals surface area (Å²) < 4.78 is 0.847. The van der Waals surface area contributed by atoms with Gasteiger partial charge in [-0.15, -0.1) is 0 Å². The van der Waals surface area contributed by atoms with Gasteiger partial charge in [0.15, 0.2) is 5.65 Å². The van der Waals surface area contributed by atoms with Crippen LogP contribution in [-0.2, 0) is 0 Å². The second kappa shape index (κ2) is 8.92. The molecule has 0 atom stereocenters. The normalized spacial score (nSPS) is 10.9. The highest BCUT2D eigenvalue weighted by molar-refractivity contribution is 6.44. The Hall–Kier alpha value is -2.90. The molecule has 4 rings (SSSR count). The zero-order valence-corrected chi connectivity index (χ0v) is 19.0. The van der Waals surface area contributed by atoms with E-state index >= 15 is 0 Å². The Kier molecular flexibility index (Phi) is 6.22. The van der Waals surface area contributed by atoms with Gasteiger partial charge < -0.3 is 0 Å². The van der Waals surface area contributed by atoms with E-state index in [0.717, 1.165) is 4.68 Å². The molecule has 2 aromatic carbocycles. The average Bonchev–Trinajstić information content (AvgIpc) is 2.75. The highest BCUT2D eigenvalue weighted by atomic mass is 35.5. The number of hydrogen-bond acceptors (Lipinski definition) is 4. The molecule has 0 N–H and O–H groups in total. The fraction of sp³-hybridized carbons (Fsp3) is 0. The first-order valence-corrected chi connectivity index (χ1v) is 10.6. The number of benzene rings is 2. The first kappa shape index (κ1) is 22.3. The smallest absolute Gasteiger partial charge is 0.267 e. The Labute approximate surface area is 201 Å². The summed E-state index contributed by atoms with van der Waals surface area (Å²) in [6.07, 6.45) is 1.43. The monoisotopic (exact) mass is 505 g/mol. The van der Waals surface area contributed by atoms with Crippen molar-refractivity contribution in [3.63, 3.8) is 0 Å². The van der Waals surface area contributed by atoms with Gasteiger partial charge in [-0.3, -0.25) is 14.4 Å². The summed E-state index contributed by atoms with van der Waals surface area (Å²) in [6, 6.07) is 14.9.